The van der Waals surface area contributed by atoms with E-state index in [9.17, 15) is 4.79 Å². The Bertz CT molecular complexity index is 442. The minimum atomic E-state index is -0.107. The molecule has 118 valence electrons. The third kappa shape index (κ3) is 5.24. The van der Waals surface area contributed by atoms with Crippen LogP contribution in [-0.2, 0) is 0 Å². The van der Waals surface area contributed by atoms with Gasteiger partial charge < -0.3 is 15.5 Å². The van der Waals surface area contributed by atoms with E-state index in [0.717, 1.165) is 37.0 Å². The summed E-state index contributed by atoms with van der Waals surface area (Å²) in [6.45, 7) is 6.00. The van der Waals surface area contributed by atoms with Gasteiger partial charge in [-0.1, -0.05) is 18.3 Å². The molecule has 2 heterocycles. The molecule has 0 unspecified atom stereocenters. The van der Waals surface area contributed by atoms with Gasteiger partial charge in [0.25, 0.3) is 5.91 Å². The number of hydrogen-bond donors (Lipinski definition) is 2. The summed E-state index contributed by atoms with van der Waals surface area (Å²) in [5.41, 5.74) is 0. The number of nitrogens with zero attached hydrogens (tertiary/aromatic N) is 3. The molecule has 0 aliphatic carbocycles. The Morgan fingerprint density at radius 3 is 2.81 bits per heavy atom. The van der Waals surface area contributed by atoms with E-state index in [1.807, 2.05) is 0 Å². The highest BCUT2D eigenvalue weighted by molar-refractivity contribution is 7.17. The van der Waals surface area contributed by atoms with Crippen molar-refractivity contribution in [1.82, 2.24) is 20.4 Å². The van der Waals surface area contributed by atoms with Crippen LogP contribution in [0.15, 0.2) is 0 Å². The van der Waals surface area contributed by atoms with Crippen LogP contribution in [0.1, 0.15) is 42.4 Å². The van der Waals surface area contributed by atoms with E-state index < -0.39 is 0 Å². The number of carbonyl (C=O) groups excluding carboxylic acids is 1. The first-order chi connectivity index (χ1) is 10.2. The SMILES string of the molecule is CCCNc1nnc(C(=O)NCCC2CCN(C)CC2)s1. The molecule has 0 aromatic carbocycles. The van der Waals surface area contributed by atoms with Crippen molar-refractivity contribution >= 4 is 22.4 Å². The van der Waals surface area contributed by atoms with Crippen molar-refractivity contribution in [1.29, 1.82) is 0 Å². The number of carbonyl (C=O) groups is 1. The number of aromatic nitrogens is 2. The molecule has 2 N–H and O–H groups in total. The lowest BCUT2D eigenvalue weighted by Crippen LogP contribution is -2.32. The lowest BCUT2D eigenvalue weighted by molar-refractivity contribution is 0.0948. The standard InChI is InChI=1S/C14H25N5OS/c1-3-7-16-14-18-17-13(21-14)12(20)15-8-4-11-5-9-19(2)10-6-11/h11H,3-10H2,1-2H3,(H,15,20)(H,16,18). The van der Waals surface area contributed by atoms with Crippen LogP contribution >= 0.6 is 11.3 Å². The van der Waals surface area contributed by atoms with E-state index in [2.05, 4.69) is 39.7 Å². The van der Waals surface area contributed by atoms with Crippen LogP contribution in [-0.4, -0.2) is 54.2 Å². The molecule has 6 nitrogen and oxygen atoms in total. The van der Waals surface area contributed by atoms with Gasteiger partial charge in [-0.25, -0.2) is 0 Å². The second kappa shape index (κ2) is 8.29. The summed E-state index contributed by atoms with van der Waals surface area (Å²) in [4.78, 5) is 14.3. The van der Waals surface area contributed by atoms with Crippen LogP contribution < -0.4 is 10.6 Å². The summed E-state index contributed by atoms with van der Waals surface area (Å²) >= 11 is 1.32. The maximum absolute atomic E-state index is 12.0. The largest absolute Gasteiger partial charge is 0.360 e. The number of rotatable bonds is 7. The minimum Gasteiger partial charge on any atom is -0.360 e. The molecule has 21 heavy (non-hydrogen) atoms. The molecule has 1 aromatic heterocycles. The Kier molecular flexibility index (Phi) is 6.38. The first kappa shape index (κ1) is 16.2. The fourth-order valence-electron chi connectivity index (χ4n) is 2.43. The van der Waals surface area contributed by atoms with Crippen molar-refractivity contribution in [2.45, 2.75) is 32.6 Å². The van der Waals surface area contributed by atoms with Gasteiger partial charge in [0.15, 0.2) is 0 Å². The van der Waals surface area contributed by atoms with Crippen molar-refractivity contribution in [3.05, 3.63) is 5.01 Å². The highest BCUT2D eigenvalue weighted by Crippen LogP contribution is 2.19. The van der Waals surface area contributed by atoms with Gasteiger partial charge in [-0.3, -0.25) is 4.79 Å². The van der Waals surface area contributed by atoms with Gasteiger partial charge in [-0.15, -0.1) is 10.2 Å². The average Bonchev–Trinajstić information content (AvgIpc) is 2.96. The third-order valence-corrected chi connectivity index (χ3v) is 4.70. The number of hydrogen-bond acceptors (Lipinski definition) is 6. The molecule has 0 saturated carbocycles. The van der Waals surface area contributed by atoms with Crippen molar-refractivity contribution < 1.29 is 4.79 Å². The van der Waals surface area contributed by atoms with E-state index in [1.54, 1.807) is 0 Å². The molecule has 0 radical (unpaired) electrons. The molecule has 7 heteroatoms. The van der Waals surface area contributed by atoms with Gasteiger partial charge >= 0.3 is 0 Å². The predicted molar refractivity (Wildman–Crippen MR) is 85.9 cm³/mol. The van der Waals surface area contributed by atoms with Crippen LogP contribution in [0.5, 0.6) is 0 Å². The smallest absolute Gasteiger partial charge is 0.282 e. The third-order valence-electron chi connectivity index (χ3n) is 3.82. The number of likely N-dealkylation sites (tertiary alicyclic amines) is 1. The summed E-state index contributed by atoms with van der Waals surface area (Å²) < 4.78 is 0. The van der Waals surface area contributed by atoms with E-state index in [0.29, 0.717) is 5.01 Å². The quantitative estimate of drug-likeness (QED) is 0.804. The first-order valence-electron chi connectivity index (χ1n) is 7.73. The molecular weight excluding hydrogens is 286 g/mol. The normalized spacial score (nSPS) is 16.9. The van der Waals surface area contributed by atoms with Gasteiger partial charge in [-0.05, 0) is 51.7 Å². The molecule has 0 atom stereocenters. The van der Waals surface area contributed by atoms with Gasteiger partial charge in [0, 0.05) is 13.1 Å². The second-order valence-corrected chi connectivity index (χ2v) is 6.61. The predicted octanol–water partition coefficient (Wildman–Crippen LogP) is 1.82. The highest BCUT2D eigenvalue weighted by Gasteiger charge is 2.17. The highest BCUT2D eigenvalue weighted by atomic mass is 32.1. The van der Waals surface area contributed by atoms with Crippen molar-refractivity contribution in [3.8, 4) is 0 Å². The fraction of sp³-hybridized carbons (Fsp3) is 0.786. The summed E-state index contributed by atoms with van der Waals surface area (Å²) in [5, 5.41) is 15.2. The summed E-state index contributed by atoms with van der Waals surface area (Å²) in [6.07, 6.45) is 4.55. The van der Waals surface area contributed by atoms with Gasteiger partial charge in [0.2, 0.25) is 10.1 Å². The zero-order valence-electron chi connectivity index (χ0n) is 12.9. The monoisotopic (exact) mass is 311 g/mol. The molecular formula is C14H25N5OS. The van der Waals surface area contributed by atoms with E-state index in [1.165, 1.54) is 37.3 Å². The van der Waals surface area contributed by atoms with Crippen LogP contribution in [0.3, 0.4) is 0 Å². The van der Waals surface area contributed by atoms with Crippen molar-refractivity contribution in [3.63, 3.8) is 0 Å². The lowest BCUT2D eigenvalue weighted by atomic mass is 9.94. The topological polar surface area (TPSA) is 70.1 Å². The summed E-state index contributed by atoms with van der Waals surface area (Å²) in [5.74, 6) is 0.627. The summed E-state index contributed by atoms with van der Waals surface area (Å²) in [6, 6.07) is 0. The number of piperidine rings is 1. The fourth-order valence-corrected chi connectivity index (χ4v) is 3.12. The minimum absolute atomic E-state index is 0.107. The number of anilines is 1. The number of nitrogens with one attached hydrogen (secondary N) is 2. The molecule has 0 spiro atoms. The van der Waals surface area contributed by atoms with Gasteiger partial charge in [-0.2, -0.15) is 0 Å². The van der Waals surface area contributed by atoms with Crippen LogP contribution in [0.4, 0.5) is 5.13 Å². The van der Waals surface area contributed by atoms with Crippen LogP contribution in [0, 0.1) is 5.92 Å². The molecule has 1 aliphatic heterocycles. The molecule has 1 fully saturated rings. The van der Waals surface area contributed by atoms with Crippen molar-refractivity contribution in [2.24, 2.45) is 5.92 Å². The zero-order valence-corrected chi connectivity index (χ0v) is 13.7. The molecule has 0 bridgehead atoms. The average molecular weight is 311 g/mol. The van der Waals surface area contributed by atoms with E-state index in [4.69, 9.17) is 0 Å². The Hall–Kier alpha value is -1.21. The Labute approximate surface area is 130 Å². The van der Waals surface area contributed by atoms with Crippen LogP contribution in [0.25, 0.3) is 0 Å². The molecule has 1 amide bonds. The first-order valence-corrected chi connectivity index (χ1v) is 8.54. The number of amides is 1. The Morgan fingerprint density at radius 1 is 1.33 bits per heavy atom. The lowest BCUT2D eigenvalue weighted by Gasteiger charge is -2.28. The summed E-state index contributed by atoms with van der Waals surface area (Å²) in [7, 11) is 2.16. The molecule has 1 aromatic rings. The molecule has 1 aliphatic rings. The maximum atomic E-state index is 12.0. The van der Waals surface area contributed by atoms with Crippen LogP contribution in [0.2, 0.25) is 0 Å². The molecule has 1 saturated heterocycles. The van der Waals surface area contributed by atoms with E-state index in [-0.39, 0.29) is 5.91 Å². The maximum Gasteiger partial charge on any atom is 0.282 e. The van der Waals surface area contributed by atoms with Gasteiger partial charge in [0.05, 0.1) is 0 Å². The molecule has 2 rings (SSSR count). The Morgan fingerprint density at radius 2 is 2.10 bits per heavy atom. The second-order valence-electron chi connectivity index (χ2n) is 5.63. The van der Waals surface area contributed by atoms with E-state index >= 15 is 0 Å². The van der Waals surface area contributed by atoms with Crippen molar-refractivity contribution in [2.75, 3.05) is 38.5 Å². The zero-order chi connectivity index (χ0) is 15.1. The van der Waals surface area contributed by atoms with Gasteiger partial charge in [0.1, 0.15) is 0 Å². The Balaban J connectivity index is 1.68.